The standard InChI is InChI=1S/C13H15N3O/c1-16-13(14)10(7-15-16)12-9-4-2-3-8(9)5-6-11(12)17/h5-7,17H,2-4,14H2,1H3. The SMILES string of the molecule is Cn1ncc(-c2c(O)ccc3c2CCC3)c1N. The summed E-state index contributed by atoms with van der Waals surface area (Å²) in [6.07, 6.45) is 4.96. The van der Waals surface area contributed by atoms with Crippen molar-refractivity contribution in [3.8, 4) is 16.9 Å². The first kappa shape index (κ1) is 10.2. The molecule has 2 aromatic rings. The van der Waals surface area contributed by atoms with Gasteiger partial charge in [0.1, 0.15) is 11.6 Å². The maximum atomic E-state index is 10.1. The number of nitrogens with two attached hydrogens (primary N) is 1. The molecule has 0 spiro atoms. The van der Waals surface area contributed by atoms with Crippen molar-refractivity contribution >= 4 is 5.82 Å². The van der Waals surface area contributed by atoms with Crippen LogP contribution in [0.5, 0.6) is 5.75 Å². The van der Waals surface area contributed by atoms with E-state index in [0.29, 0.717) is 11.6 Å². The monoisotopic (exact) mass is 229 g/mol. The van der Waals surface area contributed by atoms with E-state index in [0.717, 1.165) is 30.4 Å². The van der Waals surface area contributed by atoms with Crippen LogP contribution in [0.3, 0.4) is 0 Å². The molecule has 3 N–H and O–H groups in total. The van der Waals surface area contributed by atoms with E-state index in [-0.39, 0.29) is 0 Å². The largest absolute Gasteiger partial charge is 0.507 e. The summed E-state index contributed by atoms with van der Waals surface area (Å²) in [7, 11) is 1.80. The zero-order chi connectivity index (χ0) is 12.0. The molecule has 0 aliphatic heterocycles. The Morgan fingerprint density at radius 1 is 1.35 bits per heavy atom. The fourth-order valence-electron chi connectivity index (χ4n) is 2.59. The number of hydrogen-bond donors (Lipinski definition) is 2. The number of phenols is 1. The Morgan fingerprint density at radius 2 is 2.18 bits per heavy atom. The molecule has 0 saturated carbocycles. The van der Waals surface area contributed by atoms with Crippen LogP contribution < -0.4 is 5.73 Å². The summed E-state index contributed by atoms with van der Waals surface area (Å²) in [5, 5.41) is 14.2. The third kappa shape index (κ3) is 1.40. The van der Waals surface area contributed by atoms with Gasteiger partial charge in [0.05, 0.1) is 6.20 Å². The number of aryl methyl sites for hydroxylation is 2. The highest BCUT2D eigenvalue weighted by molar-refractivity contribution is 5.82. The topological polar surface area (TPSA) is 64.1 Å². The summed E-state index contributed by atoms with van der Waals surface area (Å²) >= 11 is 0. The Bertz CT molecular complexity index is 587. The highest BCUT2D eigenvalue weighted by atomic mass is 16.3. The molecule has 0 radical (unpaired) electrons. The molecule has 1 aliphatic carbocycles. The zero-order valence-electron chi connectivity index (χ0n) is 9.77. The maximum absolute atomic E-state index is 10.1. The van der Waals surface area contributed by atoms with E-state index in [1.54, 1.807) is 24.0 Å². The molecular weight excluding hydrogens is 214 g/mol. The Hall–Kier alpha value is -1.97. The average molecular weight is 229 g/mol. The Kier molecular flexibility index (Phi) is 2.11. The van der Waals surface area contributed by atoms with Gasteiger partial charge in [-0.05, 0) is 36.5 Å². The Morgan fingerprint density at radius 3 is 2.88 bits per heavy atom. The van der Waals surface area contributed by atoms with Gasteiger partial charge in [-0.2, -0.15) is 5.10 Å². The van der Waals surface area contributed by atoms with Crippen LogP contribution in [-0.4, -0.2) is 14.9 Å². The lowest BCUT2D eigenvalue weighted by atomic mass is 9.97. The van der Waals surface area contributed by atoms with Gasteiger partial charge in [-0.3, -0.25) is 4.68 Å². The van der Waals surface area contributed by atoms with Gasteiger partial charge in [0.2, 0.25) is 0 Å². The van der Waals surface area contributed by atoms with Gasteiger partial charge in [-0.1, -0.05) is 6.07 Å². The van der Waals surface area contributed by atoms with Crippen molar-refractivity contribution < 1.29 is 5.11 Å². The summed E-state index contributed by atoms with van der Waals surface area (Å²) in [4.78, 5) is 0. The molecule has 17 heavy (non-hydrogen) atoms. The summed E-state index contributed by atoms with van der Waals surface area (Å²) in [6.45, 7) is 0. The fraction of sp³-hybridized carbons (Fsp3) is 0.308. The minimum atomic E-state index is 0.297. The molecule has 0 unspecified atom stereocenters. The minimum absolute atomic E-state index is 0.297. The molecule has 3 rings (SSSR count). The third-order valence-electron chi connectivity index (χ3n) is 3.51. The number of aromatic nitrogens is 2. The van der Waals surface area contributed by atoms with E-state index in [4.69, 9.17) is 5.73 Å². The van der Waals surface area contributed by atoms with E-state index in [9.17, 15) is 5.11 Å². The number of benzene rings is 1. The van der Waals surface area contributed by atoms with Gasteiger partial charge in [-0.25, -0.2) is 0 Å². The van der Waals surface area contributed by atoms with Gasteiger partial charge >= 0.3 is 0 Å². The first-order chi connectivity index (χ1) is 8.18. The highest BCUT2D eigenvalue weighted by Crippen LogP contribution is 2.40. The van der Waals surface area contributed by atoms with Crippen molar-refractivity contribution in [1.29, 1.82) is 0 Å². The summed E-state index contributed by atoms with van der Waals surface area (Å²) in [5.41, 5.74) is 10.2. The zero-order valence-corrected chi connectivity index (χ0v) is 9.77. The molecule has 0 atom stereocenters. The van der Waals surface area contributed by atoms with Crippen molar-refractivity contribution in [2.75, 3.05) is 5.73 Å². The predicted molar refractivity (Wildman–Crippen MR) is 66.7 cm³/mol. The second-order valence-electron chi connectivity index (χ2n) is 4.52. The van der Waals surface area contributed by atoms with Crippen LogP contribution in [0.1, 0.15) is 17.5 Å². The average Bonchev–Trinajstić information content (AvgIpc) is 2.89. The quantitative estimate of drug-likeness (QED) is 0.784. The molecule has 0 fully saturated rings. The number of fused-ring (bicyclic) bond motifs is 1. The molecule has 1 aromatic heterocycles. The van der Waals surface area contributed by atoms with E-state index >= 15 is 0 Å². The van der Waals surface area contributed by atoms with E-state index in [1.165, 1.54) is 11.1 Å². The molecule has 0 saturated heterocycles. The highest BCUT2D eigenvalue weighted by Gasteiger charge is 2.21. The predicted octanol–water partition coefficient (Wildman–Crippen LogP) is 1.86. The number of aromatic hydroxyl groups is 1. The van der Waals surface area contributed by atoms with Gasteiger partial charge in [-0.15, -0.1) is 0 Å². The molecule has 0 bridgehead atoms. The Balaban J connectivity index is 2.27. The van der Waals surface area contributed by atoms with Crippen LogP contribution in [-0.2, 0) is 19.9 Å². The smallest absolute Gasteiger partial charge is 0.129 e. The van der Waals surface area contributed by atoms with Crippen LogP contribution in [0.2, 0.25) is 0 Å². The molecule has 4 heteroatoms. The van der Waals surface area contributed by atoms with Gasteiger partial charge in [0.25, 0.3) is 0 Å². The van der Waals surface area contributed by atoms with Crippen LogP contribution in [0.15, 0.2) is 18.3 Å². The van der Waals surface area contributed by atoms with Crippen molar-refractivity contribution in [1.82, 2.24) is 9.78 Å². The molecule has 88 valence electrons. The van der Waals surface area contributed by atoms with Crippen molar-refractivity contribution in [3.05, 3.63) is 29.5 Å². The van der Waals surface area contributed by atoms with Crippen LogP contribution in [0, 0.1) is 0 Å². The number of hydrogen-bond acceptors (Lipinski definition) is 3. The van der Waals surface area contributed by atoms with E-state index in [1.807, 2.05) is 6.07 Å². The van der Waals surface area contributed by atoms with Crippen LogP contribution in [0.4, 0.5) is 5.82 Å². The number of nitrogens with zero attached hydrogens (tertiary/aromatic N) is 2. The minimum Gasteiger partial charge on any atom is -0.507 e. The van der Waals surface area contributed by atoms with E-state index in [2.05, 4.69) is 5.10 Å². The number of rotatable bonds is 1. The lowest BCUT2D eigenvalue weighted by Crippen LogP contribution is -1.99. The van der Waals surface area contributed by atoms with Gasteiger partial charge in [0.15, 0.2) is 0 Å². The van der Waals surface area contributed by atoms with Crippen molar-refractivity contribution in [2.45, 2.75) is 19.3 Å². The lowest BCUT2D eigenvalue weighted by molar-refractivity contribution is 0.477. The summed E-state index contributed by atoms with van der Waals surface area (Å²) in [5.74, 6) is 0.894. The second-order valence-corrected chi connectivity index (χ2v) is 4.52. The normalized spacial score (nSPS) is 13.9. The number of phenolic OH excluding ortho intramolecular Hbond substituents is 1. The summed E-state index contributed by atoms with van der Waals surface area (Å²) in [6, 6.07) is 3.76. The number of nitrogen functional groups attached to an aromatic ring is 1. The molecule has 1 aromatic carbocycles. The van der Waals surface area contributed by atoms with E-state index < -0.39 is 0 Å². The lowest BCUT2D eigenvalue weighted by Gasteiger charge is -2.10. The number of anilines is 1. The van der Waals surface area contributed by atoms with Gasteiger partial charge < -0.3 is 10.8 Å². The third-order valence-corrected chi connectivity index (χ3v) is 3.51. The fourth-order valence-corrected chi connectivity index (χ4v) is 2.59. The maximum Gasteiger partial charge on any atom is 0.129 e. The summed E-state index contributed by atoms with van der Waals surface area (Å²) < 4.78 is 1.63. The molecule has 0 amide bonds. The molecule has 4 nitrogen and oxygen atoms in total. The molecule has 1 heterocycles. The first-order valence-corrected chi connectivity index (χ1v) is 5.80. The second kappa shape index (κ2) is 3.52. The van der Waals surface area contributed by atoms with Crippen LogP contribution >= 0.6 is 0 Å². The first-order valence-electron chi connectivity index (χ1n) is 5.80. The van der Waals surface area contributed by atoms with Crippen molar-refractivity contribution in [3.63, 3.8) is 0 Å². The molecule has 1 aliphatic rings. The van der Waals surface area contributed by atoms with Crippen molar-refractivity contribution in [2.24, 2.45) is 7.05 Å². The van der Waals surface area contributed by atoms with Gasteiger partial charge in [0, 0.05) is 18.2 Å². The Labute approximate surface area is 99.7 Å². The van der Waals surface area contributed by atoms with Crippen LogP contribution in [0.25, 0.3) is 11.1 Å². The molecular formula is C13H15N3O.